The maximum Gasteiger partial charge on any atom is 0.220 e. The average molecular weight is 273 g/mol. The minimum absolute atomic E-state index is 0.0726. The van der Waals surface area contributed by atoms with Crippen molar-refractivity contribution in [2.24, 2.45) is 5.73 Å². The zero-order chi connectivity index (χ0) is 14.6. The molecule has 0 aliphatic rings. The summed E-state index contributed by atoms with van der Waals surface area (Å²) in [6.45, 7) is 4.53. The zero-order valence-electron chi connectivity index (χ0n) is 12.2. The predicted octanol–water partition coefficient (Wildman–Crippen LogP) is 2.34. The largest absolute Gasteiger partial charge is 0.361 e. The summed E-state index contributed by atoms with van der Waals surface area (Å²) in [5.41, 5.74) is 7.96. The second-order valence-electron chi connectivity index (χ2n) is 5.95. The van der Waals surface area contributed by atoms with Gasteiger partial charge in [0.15, 0.2) is 0 Å². The van der Waals surface area contributed by atoms with Gasteiger partial charge < -0.3 is 16.0 Å². The molecule has 1 heterocycles. The molecule has 4 nitrogen and oxygen atoms in total. The van der Waals surface area contributed by atoms with Crippen molar-refractivity contribution in [3.8, 4) is 0 Å². The number of aromatic nitrogens is 1. The van der Waals surface area contributed by atoms with Crippen molar-refractivity contribution in [3.63, 3.8) is 0 Å². The highest BCUT2D eigenvalue weighted by Crippen LogP contribution is 2.17. The molecule has 108 valence electrons. The lowest BCUT2D eigenvalue weighted by Gasteiger charge is -2.17. The van der Waals surface area contributed by atoms with Gasteiger partial charge in [0.25, 0.3) is 0 Å². The fourth-order valence-corrected chi connectivity index (χ4v) is 2.20. The number of hydrogen-bond donors (Lipinski definition) is 3. The molecule has 4 N–H and O–H groups in total. The minimum atomic E-state index is -0.284. The number of para-hydroxylation sites is 1. The fraction of sp³-hybridized carbons (Fsp3) is 0.438. The minimum Gasteiger partial charge on any atom is -0.361 e. The summed E-state index contributed by atoms with van der Waals surface area (Å²) in [4.78, 5) is 14.9. The molecule has 0 saturated carbocycles. The Labute approximate surface area is 119 Å². The van der Waals surface area contributed by atoms with Gasteiger partial charge in [0.05, 0.1) is 0 Å². The maximum absolute atomic E-state index is 11.7. The summed E-state index contributed by atoms with van der Waals surface area (Å²) in [5.74, 6) is 0.0726. The fourth-order valence-electron chi connectivity index (χ4n) is 2.20. The van der Waals surface area contributed by atoms with E-state index in [4.69, 9.17) is 5.73 Å². The number of fused-ring (bicyclic) bond motifs is 1. The summed E-state index contributed by atoms with van der Waals surface area (Å²) >= 11 is 0. The van der Waals surface area contributed by atoms with Crippen LogP contribution < -0.4 is 11.1 Å². The molecular formula is C16H23N3O. The van der Waals surface area contributed by atoms with E-state index < -0.39 is 0 Å². The van der Waals surface area contributed by atoms with Crippen molar-refractivity contribution < 1.29 is 4.79 Å². The molecule has 0 bridgehead atoms. The molecule has 0 aliphatic heterocycles. The highest BCUT2D eigenvalue weighted by molar-refractivity contribution is 5.83. The number of aromatic amines is 1. The summed E-state index contributed by atoms with van der Waals surface area (Å²) in [7, 11) is 0. The summed E-state index contributed by atoms with van der Waals surface area (Å²) < 4.78 is 0. The molecule has 0 aliphatic carbocycles. The average Bonchev–Trinajstić information content (AvgIpc) is 2.79. The molecule has 0 spiro atoms. The predicted molar refractivity (Wildman–Crippen MR) is 82.5 cm³/mol. The standard InChI is InChI=1S/C16H23N3O/c1-16(2,17)9-7-15(20)18-10-8-12-11-19-14-6-4-3-5-13(12)14/h3-6,11,19H,7-10,17H2,1-2H3,(H,18,20). The molecule has 0 saturated heterocycles. The third kappa shape index (κ3) is 4.10. The van der Waals surface area contributed by atoms with E-state index in [1.807, 2.05) is 32.2 Å². The molecule has 0 radical (unpaired) electrons. The first-order valence-corrected chi connectivity index (χ1v) is 7.06. The zero-order valence-corrected chi connectivity index (χ0v) is 12.2. The quantitative estimate of drug-likeness (QED) is 0.756. The van der Waals surface area contributed by atoms with Crippen molar-refractivity contribution in [1.82, 2.24) is 10.3 Å². The Morgan fingerprint density at radius 2 is 2.10 bits per heavy atom. The van der Waals surface area contributed by atoms with Crippen LogP contribution in [0.25, 0.3) is 10.9 Å². The van der Waals surface area contributed by atoms with Crippen LogP contribution in [0.5, 0.6) is 0 Å². The SMILES string of the molecule is CC(C)(N)CCC(=O)NCCc1c[nH]c2ccccc12. The van der Waals surface area contributed by atoms with Gasteiger partial charge in [-0.1, -0.05) is 18.2 Å². The molecule has 0 unspecified atom stereocenters. The van der Waals surface area contributed by atoms with Crippen LogP contribution in [0.3, 0.4) is 0 Å². The lowest BCUT2D eigenvalue weighted by atomic mass is 10.00. The highest BCUT2D eigenvalue weighted by Gasteiger charge is 2.13. The monoisotopic (exact) mass is 273 g/mol. The molecule has 0 atom stereocenters. The van der Waals surface area contributed by atoms with Gasteiger partial charge in [0.2, 0.25) is 5.91 Å². The van der Waals surface area contributed by atoms with E-state index >= 15 is 0 Å². The third-order valence-corrected chi connectivity index (χ3v) is 3.39. The molecular weight excluding hydrogens is 250 g/mol. The number of rotatable bonds is 6. The van der Waals surface area contributed by atoms with Gasteiger partial charge in [0, 0.05) is 35.6 Å². The molecule has 1 aromatic carbocycles. The van der Waals surface area contributed by atoms with Gasteiger partial charge in [-0.05, 0) is 38.3 Å². The number of carbonyl (C=O) groups is 1. The molecule has 4 heteroatoms. The van der Waals surface area contributed by atoms with Gasteiger partial charge in [-0.3, -0.25) is 4.79 Å². The Hall–Kier alpha value is -1.81. The Morgan fingerprint density at radius 3 is 2.85 bits per heavy atom. The Morgan fingerprint density at radius 1 is 1.35 bits per heavy atom. The van der Waals surface area contributed by atoms with Crippen LogP contribution in [0.1, 0.15) is 32.3 Å². The van der Waals surface area contributed by atoms with E-state index in [9.17, 15) is 4.79 Å². The number of carbonyl (C=O) groups excluding carboxylic acids is 1. The number of nitrogens with two attached hydrogens (primary N) is 1. The van der Waals surface area contributed by atoms with E-state index in [0.717, 1.165) is 11.9 Å². The first-order chi connectivity index (χ1) is 9.46. The second kappa shape index (κ2) is 6.09. The smallest absolute Gasteiger partial charge is 0.220 e. The Balaban J connectivity index is 1.80. The van der Waals surface area contributed by atoms with Crippen LogP contribution in [0.2, 0.25) is 0 Å². The van der Waals surface area contributed by atoms with Crippen LogP contribution in [-0.4, -0.2) is 23.0 Å². The summed E-state index contributed by atoms with van der Waals surface area (Å²) in [5, 5.41) is 4.18. The van der Waals surface area contributed by atoms with Crippen LogP contribution in [-0.2, 0) is 11.2 Å². The molecule has 1 amide bonds. The van der Waals surface area contributed by atoms with Crippen molar-refractivity contribution in [3.05, 3.63) is 36.0 Å². The van der Waals surface area contributed by atoms with Crippen molar-refractivity contribution in [2.45, 2.75) is 38.6 Å². The summed E-state index contributed by atoms with van der Waals surface area (Å²) in [6.07, 6.45) is 4.03. The van der Waals surface area contributed by atoms with E-state index in [2.05, 4.69) is 22.4 Å². The second-order valence-corrected chi connectivity index (χ2v) is 5.95. The third-order valence-electron chi connectivity index (χ3n) is 3.39. The number of hydrogen-bond acceptors (Lipinski definition) is 2. The topological polar surface area (TPSA) is 70.9 Å². The van der Waals surface area contributed by atoms with Crippen LogP contribution in [0.15, 0.2) is 30.5 Å². The molecule has 20 heavy (non-hydrogen) atoms. The number of benzene rings is 1. The van der Waals surface area contributed by atoms with Gasteiger partial charge in [-0.15, -0.1) is 0 Å². The normalized spacial score (nSPS) is 11.8. The summed E-state index contributed by atoms with van der Waals surface area (Å²) in [6, 6.07) is 8.20. The number of amides is 1. The van der Waals surface area contributed by atoms with Crippen LogP contribution in [0, 0.1) is 0 Å². The number of H-pyrrole nitrogens is 1. The van der Waals surface area contributed by atoms with E-state index in [1.54, 1.807) is 0 Å². The first kappa shape index (κ1) is 14.6. The molecule has 2 aromatic rings. The highest BCUT2D eigenvalue weighted by atomic mass is 16.1. The lowest BCUT2D eigenvalue weighted by Crippen LogP contribution is -2.34. The lowest BCUT2D eigenvalue weighted by molar-refractivity contribution is -0.121. The van der Waals surface area contributed by atoms with E-state index in [0.29, 0.717) is 19.4 Å². The van der Waals surface area contributed by atoms with Crippen LogP contribution in [0.4, 0.5) is 0 Å². The Kier molecular flexibility index (Phi) is 4.45. The first-order valence-electron chi connectivity index (χ1n) is 7.06. The van der Waals surface area contributed by atoms with E-state index in [-0.39, 0.29) is 11.4 Å². The molecule has 1 aromatic heterocycles. The molecule has 2 rings (SSSR count). The van der Waals surface area contributed by atoms with Crippen molar-refractivity contribution in [1.29, 1.82) is 0 Å². The van der Waals surface area contributed by atoms with Crippen molar-refractivity contribution >= 4 is 16.8 Å². The maximum atomic E-state index is 11.7. The van der Waals surface area contributed by atoms with Gasteiger partial charge >= 0.3 is 0 Å². The van der Waals surface area contributed by atoms with Crippen molar-refractivity contribution in [2.75, 3.05) is 6.54 Å². The molecule has 0 fully saturated rings. The van der Waals surface area contributed by atoms with Gasteiger partial charge in [-0.2, -0.15) is 0 Å². The Bertz CT molecular complexity index is 581. The van der Waals surface area contributed by atoms with Crippen LogP contribution >= 0.6 is 0 Å². The van der Waals surface area contributed by atoms with Gasteiger partial charge in [0.1, 0.15) is 0 Å². The van der Waals surface area contributed by atoms with Gasteiger partial charge in [-0.25, -0.2) is 0 Å². The number of nitrogens with one attached hydrogen (secondary N) is 2. The van der Waals surface area contributed by atoms with E-state index in [1.165, 1.54) is 10.9 Å².